The van der Waals surface area contributed by atoms with Crippen LogP contribution < -0.4 is 5.73 Å². The molecule has 17 heavy (non-hydrogen) atoms. The predicted molar refractivity (Wildman–Crippen MR) is 61.5 cm³/mol. The van der Waals surface area contributed by atoms with Crippen LogP contribution in [0.3, 0.4) is 0 Å². The lowest BCUT2D eigenvalue weighted by molar-refractivity contribution is 0.0704. The van der Waals surface area contributed by atoms with Crippen molar-refractivity contribution >= 4 is 35.7 Å². The van der Waals surface area contributed by atoms with Crippen molar-refractivity contribution in [3.8, 4) is 0 Å². The molecule has 0 radical (unpaired) electrons. The third-order valence-corrected chi connectivity index (χ3v) is 1.64. The zero-order chi connectivity index (χ0) is 13.3. The molecule has 0 unspecified atom stereocenters. The number of nitrogens with zero attached hydrogens (tertiary/aromatic N) is 1. The van der Waals surface area contributed by atoms with Crippen molar-refractivity contribution in [3.63, 3.8) is 0 Å². The maximum absolute atomic E-state index is 11.0. The molecule has 6 nitrogen and oxygen atoms in total. The average Bonchev–Trinajstić information content (AvgIpc) is 2.37. The molecule has 0 aliphatic rings. The van der Waals surface area contributed by atoms with E-state index in [-0.39, 0.29) is 11.3 Å². The second kappa shape index (κ2) is 8.74. The van der Waals surface area contributed by atoms with Crippen LogP contribution >= 0.6 is 23.7 Å². The highest BCUT2D eigenvalue weighted by molar-refractivity contribution is 6.19. The number of carbonyl (C=O) groups is 2. The third kappa shape index (κ3) is 4.99. The fraction of sp³-hybridized carbons (Fsp3) is 0.222. The highest BCUT2D eigenvalue weighted by Crippen LogP contribution is 2.10. The molecule has 0 bridgehead atoms. The first-order valence-electron chi connectivity index (χ1n) is 4.43. The van der Waals surface area contributed by atoms with Gasteiger partial charge in [-0.05, 0) is 18.7 Å². The van der Waals surface area contributed by atoms with Crippen LogP contribution in [0, 0.1) is 0 Å². The van der Waals surface area contributed by atoms with Gasteiger partial charge in [-0.25, -0.2) is 14.6 Å². The molecule has 1 rings (SSSR count). The van der Waals surface area contributed by atoms with Crippen LogP contribution in [0.4, 0.5) is 0 Å². The van der Waals surface area contributed by atoms with E-state index in [1.807, 2.05) is 6.92 Å². The summed E-state index contributed by atoms with van der Waals surface area (Å²) in [5, 5.41) is 0. The SMILES string of the molecule is CCN.O=C(OCl)c1cccnc1C(=O)OCl. The van der Waals surface area contributed by atoms with E-state index in [9.17, 15) is 9.59 Å². The lowest BCUT2D eigenvalue weighted by Gasteiger charge is -2.00. The zero-order valence-electron chi connectivity index (χ0n) is 8.85. The van der Waals surface area contributed by atoms with E-state index in [1.165, 1.54) is 18.3 Å². The Labute approximate surface area is 108 Å². The van der Waals surface area contributed by atoms with Crippen molar-refractivity contribution in [2.45, 2.75) is 6.92 Å². The number of pyridine rings is 1. The lowest BCUT2D eigenvalue weighted by atomic mass is 10.2. The number of carbonyl (C=O) groups excluding carboxylic acids is 2. The summed E-state index contributed by atoms with van der Waals surface area (Å²) in [6, 6.07) is 2.75. The summed E-state index contributed by atoms with van der Waals surface area (Å²) in [7, 11) is 0. The summed E-state index contributed by atoms with van der Waals surface area (Å²) in [4.78, 5) is 25.6. The number of nitrogens with two attached hydrogens (primary N) is 1. The van der Waals surface area contributed by atoms with Crippen molar-refractivity contribution < 1.29 is 18.2 Å². The molecule has 0 saturated carbocycles. The van der Waals surface area contributed by atoms with Crippen molar-refractivity contribution in [1.29, 1.82) is 0 Å². The van der Waals surface area contributed by atoms with Gasteiger partial charge in [0.1, 0.15) is 23.7 Å². The minimum Gasteiger partial charge on any atom is -0.343 e. The van der Waals surface area contributed by atoms with Gasteiger partial charge in [0, 0.05) is 6.20 Å². The molecule has 94 valence electrons. The molecule has 0 fully saturated rings. The minimum absolute atomic E-state index is 0.117. The third-order valence-electron chi connectivity index (χ3n) is 1.36. The molecule has 0 aliphatic heterocycles. The summed E-state index contributed by atoms with van der Waals surface area (Å²) in [6.45, 7) is 2.65. The number of halogens is 2. The van der Waals surface area contributed by atoms with Gasteiger partial charge in [-0.2, -0.15) is 0 Å². The molecule has 0 spiro atoms. The normalized spacial score (nSPS) is 8.71. The molecule has 2 N–H and O–H groups in total. The second-order valence-corrected chi connectivity index (χ2v) is 2.85. The maximum atomic E-state index is 11.0. The van der Waals surface area contributed by atoms with Gasteiger partial charge < -0.3 is 14.3 Å². The zero-order valence-corrected chi connectivity index (χ0v) is 10.4. The van der Waals surface area contributed by atoms with E-state index in [1.54, 1.807) is 0 Å². The van der Waals surface area contributed by atoms with Crippen LogP contribution in [-0.4, -0.2) is 23.5 Å². The predicted octanol–water partition coefficient (Wildman–Crippen LogP) is 1.67. The Hall–Kier alpha value is -1.37. The van der Waals surface area contributed by atoms with Crippen molar-refractivity contribution in [2.75, 3.05) is 6.54 Å². The highest BCUT2D eigenvalue weighted by atomic mass is 35.5. The van der Waals surface area contributed by atoms with Gasteiger partial charge in [0.25, 0.3) is 0 Å². The molecule has 0 aliphatic carbocycles. The summed E-state index contributed by atoms with van der Waals surface area (Å²) in [5.74, 6) is -1.86. The van der Waals surface area contributed by atoms with Gasteiger partial charge in [-0.3, -0.25) is 0 Å². The summed E-state index contributed by atoms with van der Waals surface area (Å²) < 4.78 is 7.81. The number of rotatable bonds is 2. The van der Waals surface area contributed by atoms with Crippen LogP contribution in [0.15, 0.2) is 18.3 Å². The van der Waals surface area contributed by atoms with Gasteiger partial charge in [0.2, 0.25) is 0 Å². The van der Waals surface area contributed by atoms with E-state index in [4.69, 9.17) is 29.5 Å². The number of aromatic nitrogens is 1. The summed E-state index contributed by atoms with van der Waals surface area (Å²) in [5.41, 5.74) is 4.47. The smallest absolute Gasteiger partial charge is 0.343 e. The Morgan fingerprint density at radius 1 is 1.35 bits per heavy atom. The van der Waals surface area contributed by atoms with Gasteiger partial charge >= 0.3 is 11.9 Å². The Morgan fingerprint density at radius 3 is 2.35 bits per heavy atom. The molecule has 0 atom stereocenters. The average molecular weight is 281 g/mol. The van der Waals surface area contributed by atoms with Crippen molar-refractivity contribution in [2.24, 2.45) is 5.73 Å². The first-order chi connectivity index (χ1) is 8.12. The first-order valence-corrected chi connectivity index (χ1v) is 5.04. The molecular formula is C9H10Cl2N2O4. The van der Waals surface area contributed by atoms with Gasteiger partial charge in [0.05, 0.1) is 5.56 Å². The first kappa shape index (κ1) is 15.6. The highest BCUT2D eigenvalue weighted by Gasteiger charge is 2.20. The quantitative estimate of drug-likeness (QED) is 0.886. The molecule has 1 aromatic heterocycles. The molecule has 1 aromatic rings. The molecule has 0 saturated heterocycles. The maximum Gasteiger partial charge on any atom is 0.375 e. The molecular weight excluding hydrogens is 271 g/mol. The Balaban J connectivity index is 0.000000770. The Morgan fingerprint density at radius 2 is 1.88 bits per heavy atom. The topological polar surface area (TPSA) is 91.5 Å². The monoisotopic (exact) mass is 280 g/mol. The molecule has 8 heteroatoms. The molecule has 0 amide bonds. The van der Waals surface area contributed by atoms with E-state index < -0.39 is 11.9 Å². The van der Waals surface area contributed by atoms with Crippen LogP contribution in [-0.2, 0) is 8.58 Å². The summed E-state index contributed by atoms with van der Waals surface area (Å²) >= 11 is 9.68. The van der Waals surface area contributed by atoms with Crippen LogP contribution in [0.25, 0.3) is 0 Å². The standard InChI is InChI=1S/C7H3Cl2NO4.C2H7N/c8-13-6(11)4-2-1-3-10-5(4)7(12)14-9;1-2-3/h1-3H;2-3H2,1H3. The summed E-state index contributed by atoms with van der Waals surface area (Å²) in [6.07, 6.45) is 1.30. The van der Waals surface area contributed by atoms with Crippen LogP contribution in [0.5, 0.6) is 0 Å². The lowest BCUT2D eigenvalue weighted by Crippen LogP contribution is -2.11. The number of hydrogen-bond donors (Lipinski definition) is 1. The van der Waals surface area contributed by atoms with Crippen molar-refractivity contribution in [1.82, 2.24) is 4.98 Å². The van der Waals surface area contributed by atoms with Crippen LogP contribution in [0.1, 0.15) is 27.8 Å². The number of hydrogen-bond acceptors (Lipinski definition) is 6. The van der Waals surface area contributed by atoms with Gasteiger partial charge in [-0.15, -0.1) is 0 Å². The fourth-order valence-electron chi connectivity index (χ4n) is 0.811. The van der Waals surface area contributed by atoms with Gasteiger partial charge in [-0.1, -0.05) is 6.92 Å². The van der Waals surface area contributed by atoms with Crippen LogP contribution in [0.2, 0.25) is 0 Å². The minimum atomic E-state index is -0.954. The Bertz CT molecular complexity index is 352. The van der Waals surface area contributed by atoms with E-state index in [0.717, 1.165) is 6.54 Å². The fourth-order valence-corrected chi connectivity index (χ4v) is 0.967. The second-order valence-electron chi connectivity index (χ2n) is 2.54. The van der Waals surface area contributed by atoms with E-state index >= 15 is 0 Å². The van der Waals surface area contributed by atoms with E-state index in [0.29, 0.717) is 0 Å². The molecule has 0 aromatic carbocycles. The van der Waals surface area contributed by atoms with Gasteiger partial charge in [0.15, 0.2) is 5.69 Å². The Kier molecular flexibility index (Phi) is 8.04. The van der Waals surface area contributed by atoms with E-state index in [2.05, 4.69) is 13.6 Å². The largest absolute Gasteiger partial charge is 0.375 e. The molecule has 1 heterocycles. The van der Waals surface area contributed by atoms with Crippen molar-refractivity contribution in [3.05, 3.63) is 29.6 Å².